The van der Waals surface area contributed by atoms with E-state index in [1.165, 1.54) is 0 Å². The lowest BCUT2D eigenvalue weighted by Crippen LogP contribution is -2.04. The molecule has 0 saturated carbocycles. The largest absolute Gasteiger partial charge is 0.460 e. The molecule has 0 fully saturated rings. The van der Waals surface area contributed by atoms with Crippen LogP contribution in [0.15, 0.2) is 4.42 Å². The number of hydrogen-bond donors (Lipinski definition) is 0. The van der Waals surface area contributed by atoms with Gasteiger partial charge in [0.05, 0.1) is 12.3 Å². The molecule has 0 bridgehead atoms. The summed E-state index contributed by atoms with van der Waals surface area (Å²) in [7, 11) is -3.23. The average molecular weight is 247 g/mol. The summed E-state index contributed by atoms with van der Waals surface area (Å²) in [4.78, 5) is 15.2. The van der Waals surface area contributed by atoms with E-state index in [0.717, 1.165) is 6.26 Å². The number of nitrogens with zero attached hydrogens (tertiary/aromatic N) is 1. The maximum Gasteiger partial charge on any atom is 0.376 e. The van der Waals surface area contributed by atoms with Crippen molar-refractivity contribution in [1.29, 1.82) is 0 Å². The molecule has 1 aromatic heterocycles. The smallest absolute Gasteiger partial charge is 0.376 e. The van der Waals surface area contributed by atoms with Crippen molar-refractivity contribution in [2.45, 2.75) is 19.6 Å². The van der Waals surface area contributed by atoms with Crippen molar-refractivity contribution in [2.75, 3.05) is 12.9 Å². The molecule has 0 aliphatic carbocycles. The molecule has 0 saturated heterocycles. The number of aromatic nitrogens is 1. The molecule has 0 spiro atoms. The molecule has 0 aromatic carbocycles. The first kappa shape index (κ1) is 12.7. The first-order chi connectivity index (χ1) is 7.33. The van der Waals surface area contributed by atoms with Crippen molar-refractivity contribution in [3.05, 3.63) is 17.3 Å². The van der Waals surface area contributed by atoms with Gasteiger partial charge >= 0.3 is 5.97 Å². The lowest BCUT2D eigenvalue weighted by molar-refractivity contribution is 0.0487. The Morgan fingerprint density at radius 3 is 2.62 bits per heavy atom. The second-order valence-corrected chi connectivity index (χ2v) is 5.45. The van der Waals surface area contributed by atoms with Gasteiger partial charge in [0.2, 0.25) is 11.7 Å². The zero-order valence-corrected chi connectivity index (χ0v) is 10.1. The van der Waals surface area contributed by atoms with Crippen LogP contribution in [0.25, 0.3) is 0 Å². The average Bonchev–Trinajstić information content (AvgIpc) is 2.44. The Labute approximate surface area is 93.5 Å². The van der Waals surface area contributed by atoms with Crippen LogP contribution < -0.4 is 0 Å². The van der Waals surface area contributed by atoms with Gasteiger partial charge in [-0.25, -0.2) is 18.2 Å². The van der Waals surface area contributed by atoms with E-state index in [9.17, 15) is 13.2 Å². The maximum atomic E-state index is 11.3. The third-order valence-corrected chi connectivity index (χ3v) is 2.46. The number of carbonyl (C=O) groups is 1. The van der Waals surface area contributed by atoms with Gasteiger partial charge in [0.1, 0.15) is 5.75 Å². The Hall–Kier alpha value is -1.37. The standard InChI is InChI=1S/C9H13NO5S/c1-4-14-9(11)8-6(2)10-7(15-8)5-16(3,12)13/h4-5H2,1-3H3. The zero-order valence-electron chi connectivity index (χ0n) is 9.31. The molecular formula is C9H13NO5S. The predicted octanol–water partition coefficient (Wildman–Crippen LogP) is 0.704. The minimum Gasteiger partial charge on any atom is -0.460 e. The molecule has 0 aliphatic heterocycles. The lowest BCUT2D eigenvalue weighted by Gasteiger charge is -1.97. The van der Waals surface area contributed by atoms with Crippen LogP contribution in [0.5, 0.6) is 0 Å². The van der Waals surface area contributed by atoms with Crippen LogP contribution in [-0.4, -0.2) is 32.2 Å². The molecular weight excluding hydrogens is 234 g/mol. The second kappa shape index (κ2) is 4.65. The summed E-state index contributed by atoms with van der Waals surface area (Å²) in [6, 6.07) is 0. The third-order valence-electron chi connectivity index (χ3n) is 1.69. The van der Waals surface area contributed by atoms with Crippen LogP contribution in [0.3, 0.4) is 0 Å². The van der Waals surface area contributed by atoms with E-state index in [4.69, 9.17) is 9.15 Å². The van der Waals surface area contributed by atoms with Crippen molar-refractivity contribution in [2.24, 2.45) is 0 Å². The first-order valence-electron chi connectivity index (χ1n) is 4.64. The Morgan fingerprint density at radius 2 is 2.12 bits per heavy atom. The van der Waals surface area contributed by atoms with Crippen molar-refractivity contribution in [1.82, 2.24) is 4.98 Å². The van der Waals surface area contributed by atoms with Crippen LogP contribution >= 0.6 is 0 Å². The maximum absolute atomic E-state index is 11.3. The Bertz CT molecular complexity index is 488. The van der Waals surface area contributed by atoms with Crippen molar-refractivity contribution in [3.8, 4) is 0 Å². The Kier molecular flexibility index (Phi) is 3.69. The summed E-state index contributed by atoms with van der Waals surface area (Å²) in [5.74, 6) is -0.997. The molecule has 1 rings (SSSR count). The van der Waals surface area contributed by atoms with Gasteiger partial charge in [-0.3, -0.25) is 0 Å². The van der Waals surface area contributed by atoms with Crippen LogP contribution in [0.1, 0.15) is 29.1 Å². The SMILES string of the molecule is CCOC(=O)c1oc(CS(C)(=O)=O)nc1C. The summed E-state index contributed by atoms with van der Waals surface area (Å²) >= 11 is 0. The van der Waals surface area contributed by atoms with E-state index >= 15 is 0 Å². The molecule has 1 heterocycles. The van der Waals surface area contributed by atoms with Gasteiger partial charge in [-0.05, 0) is 13.8 Å². The summed E-state index contributed by atoms with van der Waals surface area (Å²) in [6.45, 7) is 3.45. The monoisotopic (exact) mass is 247 g/mol. The number of aryl methyl sites for hydroxylation is 1. The molecule has 0 unspecified atom stereocenters. The van der Waals surface area contributed by atoms with Crippen LogP contribution in [0.4, 0.5) is 0 Å². The van der Waals surface area contributed by atoms with Gasteiger partial charge in [0.15, 0.2) is 9.84 Å². The van der Waals surface area contributed by atoms with Crippen LogP contribution in [0, 0.1) is 6.92 Å². The van der Waals surface area contributed by atoms with Gasteiger partial charge in [0.25, 0.3) is 0 Å². The van der Waals surface area contributed by atoms with Crippen molar-refractivity contribution in [3.63, 3.8) is 0 Å². The minimum atomic E-state index is -3.23. The van der Waals surface area contributed by atoms with E-state index in [-0.39, 0.29) is 24.0 Å². The first-order valence-corrected chi connectivity index (χ1v) is 6.70. The fourth-order valence-electron chi connectivity index (χ4n) is 1.12. The normalized spacial score (nSPS) is 11.4. The van der Waals surface area contributed by atoms with Crippen LogP contribution in [-0.2, 0) is 20.3 Å². The highest BCUT2D eigenvalue weighted by molar-refractivity contribution is 7.89. The summed E-state index contributed by atoms with van der Waals surface area (Å²) in [5.41, 5.74) is 0.331. The highest BCUT2D eigenvalue weighted by Crippen LogP contribution is 2.13. The molecule has 90 valence electrons. The summed E-state index contributed by atoms with van der Waals surface area (Å²) < 4.78 is 31.8. The van der Waals surface area contributed by atoms with Gasteiger partial charge in [-0.15, -0.1) is 0 Å². The Morgan fingerprint density at radius 1 is 1.50 bits per heavy atom. The highest BCUT2D eigenvalue weighted by atomic mass is 32.2. The van der Waals surface area contributed by atoms with E-state index in [0.29, 0.717) is 5.69 Å². The molecule has 0 atom stereocenters. The van der Waals surface area contributed by atoms with Gasteiger partial charge in [-0.1, -0.05) is 0 Å². The van der Waals surface area contributed by atoms with E-state index in [2.05, 4.69) is 4.98 Å². The number of esters is 1. The fraction of sp³-hybridized carbons (Fsp3) is 0.556. The Balaban J connectivity index is 2.94. The third kappa shape index (κ3) is 3.34. The highest BCUT2D eigenvalue weighted by Gasteiger charge is 2.20. The number of sulfone groups is 1. The number of hydrogen-bond acceptors (Lipinski definition) is 6. The molecule has 0 radical (unpaired) electrons. The van der Waals surface area contributed by atoms with Crippen molar-refractivity contribution < 1.29 is 22.4 Å². The lowest BCUT2D eigenvalue weighted by atomic mass is 10.4. The molecule has 1 aromatic rings. The topological polar surface area (TPSA) is 86.5 Å². The van der Waals surface area contributed by atoms with Crippen molar-refractivity contribution >= 4 is 15.8 Å². The number of oxazole rings is 1. The molecule has 6 nitrogen and oxygen atoms in total. The van der Waals surface area contributed by atoms with E-state index in [1.54, 1.807) is 13.8 Å². The number of ether oxygens (including phenoxy) is 1. The van der Waals surface area contributed by atoms with E-state index in [1.807, 2.05) is 0 Å². The quantitative estimate of drug-likeness (QED) is 0.728. The summed E-state index contributed by atoms with van der Waals surface area (Å²) in [5, 5.41) is 0. The molecule has 0 N–H and O–H groups in total. The summed E-state index contributed by atoms with van der Waals surface area (Å²) in [6.07, 6.45) is 1.07. The zero-order chi connectivity index (χ0) is 12.3. The molecule has 0 amide bonds. The van der Waals surface area contributed by atoms with Gasteiger partial charge < -0.3 is 9.15 Å². The molecule has 0 aliphatic rings. The predicted molar refractivity (Wildman–Crippen MR) is 55.7 cm³/mol. The number of rotatable bonds is 4. The number of carbonyl (C=O) groups excluding carboxylic acids is 1. The molecule has 7 heteroatoms. The van der Waals surface area contributed by atoms with E-state index < -0.39 is 15.8 Å². The molecule has 16 heavy (non-hydrogen) atoms. The fourth-order valence-corrected chi connectivity index (χ4v) is 1.70. The van der Waals surface area contributed by atoms with Gasteiger partial charge in [-0.2, -0.15) is 0 Å². The second-order valence-electron chi connectivity index (χ2n) is 3.31. The van der Waals surface area contributed by atoms with Crippen LogP contribution in [0.2, 0.25) is 0 Å². The van der Waals surface area contributed by atoms with Gasteiger partial charge in [0, 0.05) is 6.26 Å². The minimum absolute atomic E-state index is 0.00283.